The molecule has 2 rings (SSSR count). The number of rotatable bonds is 4. The van der Waals surface area contributed by atoms with Crippen molar-refractivity contribution in [2.24, 2.45) is 11.1 Å². The molecule has 1 aromatic carbocycles. The zero-order valence-corrected chi connectivity index (χ0v) is 13.9. The van der Waals surface area contributed by atoms with Crippen LogP contribution in [0, 0.1) is 5.41 Å². The highest BCUT2D eigenvalue weighted by Crippen LogP contribution is 2.50. The molecule has 0 heterocycles. The number of nitrogens with one attached hydrogen (secondary N) is 1. The number of amides is 1. The summed E-state index contributed by atoms with van der Waals surface area (Å²) in [6.45, 7) is 6.41. The maximum Gasteiger partial charge on any atom is 0.245 e. The third-order valence-electron chi connectivity index (χ3n) is 4.41. The molecular weight excluding hydrogens is 311 g/mol. The molecule has 0 aromatic heterocycles. The molecule has 1 amide bonds. The Labute approximate surface area is 134 Å². The van der Waals surface area contributed by atoms with Crippen molar-refractivity contribution in [3.05, 3.63) is 28.2 Å². The lowest BCUT2D eigenvalue weighted by Crippen LogP contribution is -2.74. The second kappa shape index (κ2) is 5.76. The second-order valence-electron chi connectivity index (χ2n) is 5.92. The van der Waals surface area contributed by atoms with E-state index in [0.717, 1.165) is 0 Å². The van der Waals surface area contributed by atoms with Crippen LogP contribution in [0.15, 0.2) is 18.2 Å². The van der Waals surface area contributed by atoms with Crippen molar-refractivity contribution in [1.29, 1.82) is 0 Å². The Balaban J connectivity index is 2.16. The van der Waals surface area contributed by atoms with Gasteiger partial charge >= 0.3 is 0 Å². The number of carbonyl (C=O) groups is 1. The number of carbonyl (C=O) groups excluding carboxylic acids is 1. The van der Waals surface area contributed by atoms with Crippen LogP contribution in [-0.2, 0) is 9.53 Å². The van der Waals surface area contributed by atoms with Gasteiger partial charge in [-0.25, -0.2) is 0 Å². The summed E-state index contributed by atoms with van der Waals surface area (Å²) in [7, 11) is 0. The van der Waals surface area contributed by atoms with Crippen molar-refractivity contribution in [2.45, 2.75) is 38.8 Å². The standard InChI is InChI=1S/C15H20Cl2N2O2/c1-4-21-12-8-15(18,14(12,2)3)13(20)19-11-7-9(16)5-6-10(11)17/h5-7,12H,4,8,18H2,1-3H3,(H,19,20). The Morgan fingerprint density at radius 3 is 2.71 bits per heavy atom. The predicted octanol–water partition coefficient (Wildman–Crippen LogP) is 3.46. The fraction of sp³-hybridized carbons (Fsp3) is 0.533. The highest BCUT2D eigenvalue weighted by molar-refractivity contribution is 6.35. The van der Waals surface area contributed by atoms with Crippen LogP contribution in [-0.4, -0.2) is 24.2 Å². The normalized spacial score (nSPS) is 27.0. The maximum atomic E-state index is 12.6. The van der Waals surface area contributed by atoms with Gasteiger partial charge in [0.15, 0.2) is 0 Å². The SMILES string of the molecule is CCOC1CC(N)(C(=O)Nc2cc(Cl)ccc2Cl)C1(C)C. The Morgan fingerprint density at radius 1 is 1.48 bits per heavy atom. The minimum Gasteiger partial charge on any atom is -0.378 e. The minimum absolute atomic E-state index is 0.0203. The zero-order valence-electron chi connectivity index (χ0n) is 12.4. The van der Waals surface area contributed by atoms with Gasteiger partial charge in [0, 0.05) is 23.5 Å². The van der Waals surface area contributed by atoms with Gasteiger partial charge in [0.05, 0.1) is 16.8 Å². The molecule has 0 spiro atoms. The summed E-state index contributed by atoms with van der Waals surface area (Å²) in [6, 6.07) is 4.91. The van der Waals surface area contributed by atoms with Crippen LogP contribution < -0.4 is 11.1 Å². The number of benzene rings is 1. The van der Waals surface area contributed by atoms with Gasteiger partial charge in [-0.3, -0.25) is 4.79 Å². The van der Waals surface area contributed by atoms with Crippen molar-refractivity contribution in [1.82, 2.24) is 0 Å². The van der Waals surface area contributed by atoms with E-state index in [9.17, 15) is 4.79 Å². The molecule has 1 aromatic rings. The average Bonchev–Trinajstić information content (AvgIpc) is 2.42. The second-order valence-corrected chi connectivity index (χ2v) is 6.76. The topological polar surface area (TPSA) is 64.3 Å². The van der Waals surface area contributed by atoms with Crippen molar-refractivity contribution >= 4 is 34.8 Å². The summed E-state index contributed by atoms with van der Waals surface area (Å²) in [5, 5.41) is 3.70. The van der Waals surface area contributed by atoms with E-state index >= 15 is 0 Å². The molecule has 1 saturated carbocycles. The lowest BCUT2D eigenvalue weighted by molar-refractivity contribution is -0.166. The third-order valence-corrected chi connectivity index (χ3v) is 4.98. The largest absolute Gasteiger partial charge is 0.378 e. The molecule has 2 unspecified atom stereocenters. The van der Waals surface area contributed by atoms with Gasteiger partial charge in [0.2, 0.25) is 5.91 Å². The molecule has 2 atom stereocenters. The van der Waals surface area contributed by atoms with E-state index in [0.29, 0.717) is 28.8 Å². The summed E-state index contributed by atoms with van der Waals surface area (Å²) in [6.07, 6.45) is 0.464. The van der Waals surface area contributed by atoms with Crippen LogP contribution in [0.25, 0.3) is 0 Å². The number of nitrogens with two attached hydrogens (primary N) is 1. The molecule has 0 radical (unpaired) electrons. The summed E-state index contributed by atoms with van der Waals surface area (Å²) < 4.78 is 5.62. The summed E-state index contributed by atoms with van der Waals surface area (Å²) in [5.74, 6) is -0.271. The monoisotopic (exact) mass is 330 g/mol. The zero-order chi connectivity index (χ0) is 15.8. The van der Waals surface area contributed by atoms with Gasteiger partial charge in [-0.1, -0.05) is 37.0 Å². The van der Waals surface area contributed by atoms with Gasteiger partial charge in [0.25, 0.3) is 0 Å². The van der Waals surface area contributed by atoms with E-state index in [1.807, 2.05) is 20.8 Å². The molecule has 0 bridgehead atoms. The van der Waals surface area contributed by atoms with Gasteiger partial charge in [-0.05, 0) is 25.1 Å². The van der Waals surface area contributed by atoms with E-state index in [2.05, 4.69) is 5.32 Å². The lowest BCUT2D eigenvalue weighted by atomic mass is 9.54. The van der Waals surface area contributed by atoms with E-state index < -0.39 is 11.0 Å². The van der Waals surface area contributed by atoms with E-state index in [1.54, 1.807) is 18.2 Å². The smallest absolute Gasteiger partial charge is 0.245 e. The van der Waals surface area contributed by atoms with Crippen LogP contribution >= 0.6 is 23.2 Å². The van der Waals surface area contributed by atoms with Crippen LogP contribution in [0.3, 0.4) is 0 Å². The fourth-order valence-corrected chi connectivity index (χ4v) is 2.98. The number of ether oxygens (including phenoxy) is 1. The van der Waals surface area contributed by atoms with E-state index in [1.165, 1.54) is 0 Å². The van der Waals surface area contributed by atoms with Gasteiger partial charge in [-0.2, -0.15) is 0 Å². The first-order valence-electron chi connectivity index (χ1n) is 6.89. The van der Waals surface area contributed by atoms with Crippen LogP contribution in [0.5, 0.6) is 0 Å². The summed E-state index contributed by atoms with van der Waals surface area (Å²) >= 11 is 12.0. The number of halogens is 2. The predicted molar refractivity (Wildman–Crippen MR) is 85.8 cm³/mol. The molecule has 1 fully saturated rings. The maximum absolute atomic E-state index is 12.6. The van der Waals surface area contributed by atoms with E-state index in [-0.39, 0.29) is 12.0 Å². The molecule has 4 nitrogen and oxygen atoms in total. The number of hydrogen-bond acceptors (Lipinski definition) is 3. The summed E-state index contributed by atoms with van der Waals surface area (Å²) in [5.41, 5.74) is 5.35. The quantitative estimate of drug-likeness (QED) is 0.888. The van der Waals surface area contributed by atoms with Crippen molar-refractivity contribution in [3.63, 3.8) is 0 Å². The van der Waals surface area contributed by atoms with Crippen LogP contribution in [0.2, 0.25) is 10.0 Å². The number of anilines is 1. The first kappa shape index (κ1) is 16.6. The van der Waals surface area contributed by atoms with Crippen LogP contribution in [0.1, 0.15) is 27.2 Å². The minimum atomic E-state index is -0.988. The molecule has 21 heavy (non-hydrogen) atoms. The Bertz CT molecular complexity index is 563. The molecule has 0 aliphatic heterocycles. The lowest BCUT2D eigenvalue weighted by Gasteiger charge is -2.57. The Kier molecular flexibility index (Phi) is 4.54. The average molecular weight is 331 g/mol. The van der Waals surface area contributed by atoms with E-state index in [4.69, 9.17) is 33.7 Å². The molecule has 116 valence electrons. The molecule has 6 heteroatoms. The van der Waals surface area contributed by atoms with Crippen molar-refractivity contribution in [3.8, 4) is 0 Å². The molecule has 3 N–H and O–H groups in total. The number of hydrogen-bond donors (Lipinski definition) is 2. The highest BCUT2D eigenvalue weighted by atomic mass is 35.5. The summed E-state index contributed by atoms with van der Waals surface area (Å²) in [4.78, 5) is 12.6. The van der Waals surface area contributed by atoms with Gasteiger partial charge in [0.1, 0.15) is 5.54 Å². The first-order valence-corrected chi connectivity index (χ1v) is 7.65. The van der Waals surface area contributed by atoms with Crippen molar-refractivity contribution < 1.29 is 9.53 Å². The van der Waals surface area contributed by atoms with Crippen molar-refractivity contribution in [2.75, 3.05) is 11.9 Å². The molecule has 1 aliphatic rings. The van der Waals surface area contributed by atoms with Gasteiger partial charge < -0.3 is 15.8 Å². The van der Waals surface area contributed by atoms with Crippen LogP contribution in [0.4, 0.5) is 5.69 Å². The first-order chi connectivity index (χ1) is 9.72. The van der Waals surface area contributed by atoms with Gasteiger partial charge in [-0.15, -0.1) is 0 Å². The Morgan fingerprint density at radius 2 is 2.14 bits per heavy atom. The molecule has 1 aliphatic carbocycles. The molecular formula is C15H20Cl2N2O2. The highest BCUT2D eigenvalue weighted by Gasteiger charge is 2.62. The third kappa shape index (κ3) is 2.78. The Hall–Kier alpha value is -0.810. The molecule has 0 saturated heterocycles. The fourth-order valence-electron chi connectivity index (χ4n) is 2.65.